The molecule has 168 valence electrons. The quantitative estimate of drug-likeness (QED) is 0.527. The average Bonchev–Trinajstić information content (AvgIpc) is 2.77. The molecule has 0 fully saturated rings. The predicted octanol–water partition coefficient (Wildman–Crippen LogP) is 3.89. The summed E-state index contributed by atoms with van der Waals surface area (Å²) < 4.78 is 34.4. The van der Waals surface area contributed by atoms with Crippen LogP contribution in [0.25, 0.3) is 0 Å². The van der Waals surface area contributed by atoms with Crippen LogP contribution < -0.4 is 5.32 Å². The van der Waals surface area contributed by atoms with E-state index in [-0.39, 0.29) is 13.0 Å². The molecule has 0 aromatic heterocycles. The van der Waals surface area contributed by atoms with E-state index >= 15 is 0 Å². The molecule has 0 saturated carbocycles. The molecule has 0 bridgehead atoms. The number of nitrogens with one attached hydrogen (secondary N) is 1. The first-order chi connectivity index (χ1) is 14.8. The summed E-state index contributed by atoms with van der Waals surface area (Å²) in [7, 11) is 0. The Morgan fingerprint density at radius 3 is 2.13 bits per heavy atom. The van der Waals surface area contributed by atoms with Gasteiger partial charge >= 0.3 is 11.9 Å². The molecular weight excluding hydrogens is 404 g/mol. The van der Waals surface area contributed by atoms with E-state index in [0.717, 1.165) is 5.56 Å². The van der Waals surface area contributed by atoms with Crippen LogP contribution in [0.15, 0.2) is 60.7 Å². The average molecular weight is 433 g/mol. The van der Waals surface area contributed by atoms with Crippen LogP contribution in [0.4, 0.5) is 8.78 Å². The monoisotopic (exact) mass is 433 g/mol. The summed E-state index contributed by atoms with van der Waals surface area (Å²) in [6, 6.07) is 16.3. The fourth-order valence-electron chi connectivity index (χ4n) is 3.23. The summed E-state index contributed by atoms with van der Waals surface area (Å²) in [6.45, 7) is 3.22. The molecule has 1 unspecified atom stereocenters. The first-order valence-electron chi connectivity index (χ1n) is 10.4. The van der Waals surface area contributed by atoms with Crippen molar-refractivity contribution in [2.24, 2.45) is 5.92 Å². The van der Waals surface area contributed by atoms with Crippen molar-refractivity contribution in [1.29, 1.82) is 0 Å². The standard InChI is InChI=1S/C24H29F2NO4/c1-3-10-17(2)21(28)24(25,26)23(30)27-20(15-18-11-6-4-7-12-18)22(29)31-16-19-13-8-5-9-14-19/h4-9,11-14,17,20-21,28H,3,10,15-16H2,1-2H3,(H,27,30)/t17-,20+,21?/m0/s1. The van der Waals surface area contributed by atoms with E-state index in [1.165, 1.54) is 6.92 Å². The maximum Gasteiger partial charge on any atom is 0.349 e. The Labute approximate surface area is 181 Å². The molecule has 0 aliphatic heterocycles. The second-order valence-corrected chi connectivity index (χ2v) is 7.64. The van der Waals surface area contributed by atoms with Gasteiger partial charge in [0.1, 0.15) is 18.8 Å². The van der Waals surface area contributed by atoms with Gasteiger partial charge in [-0.2, -0.15) is 8.78 Å². The van der Waals surface area contributed by atoms with E-state index in [1.54, 1.807) is 61.5 Å². The number of hydrogen-bond acceptors (Lipinski definition) is 4. The molecule has 7 heteroatoms. The minimum Gasteiger partial charge on any atom is -0.459 e. The molecule has 0 heterocycles. The van der Waals surface area contributed by atoms with Crippen molar-refractivity contribution in [1.82, 2.24) is 5.32 Å². The molecular formula is C24H29F2NO4. The first kappa shape index (κ1) is 24.5. The number of halogens is 2. The maximum absolute atomic E-state index is 14.6. The third-order valence-electron chi connectivity index (χ3n) is 5.05. The summed E-state index contributed by atoms with van der Waals surface area (Å²) in [5.74, 6) is -7.33. The van der Waals surface area contributed by atoms with Crippen molar-refractivity contribution in [3.05, 3.63) is 71.8 Å². The SMILES string of the molecule is CCC[C@H](C)C(O)C(F)(F)C(=O)N[C@H](Cc1ccccc1)C(=O)OCc1ccccc1. The topological polar surface area (TPSA) is 75.6 Å². The molecule has 1 amide bonds. The van der Waals surface area contributed by atoms with Crippen LogP contribution in [0.1, 0.15) is 37.8 Å². The summed E-state index contributed by atoms with van der Waals surface area (Å²) >= 11 is 0. The normalized spacial score (nSPS) is 14.4. The summed E-state index contributed by atoms with van der Waals surface area (Å²) in [5.41, 5.74) is 1.41. The van der Waals surface area contributed by atoms with Gasteiger partial charge in [0.05, 0.1) is 0 Å². The number of ether oxygens (including phenoxy) is 1. The highest BCUT2D eigenvalue weighted by atomic mass is 19.3. The van der Waals surface area contributed by atoms with Gasteiger partial charge in [-0.25, -0.2) is 4.79 Å². The van der Waals surface area contributed by atoms with Gasteiger partial charge < -0.3 is 15.2 Å². The number of benzene rings is 2. The Morgan fingerprint density at radius 1 is 1.03 bits per heavy atom. The molecule has 2 aromatic carbocycles. The van der Waals surface area contributed by atoms with Crippen LogP contribution in [0.5, 0.6) is 0 Å². The van der Waals surface area contributed by atoms with Gasteiger partial charge in [-0.15, -0.1) is 0 Å². The number of rotatable bonds is 11. The van der Waals surface area contributed by atoms with Crippen molar-refractivity contribution in [3.63, 3.8) is 0 Å². The molecule has 0 aliphatic carbocycles. The summed E-state index contributed by atoms with van der Waals surface area (Å²) in [4.78, 5) is 25.0. The van der Waals surface area contributed by atoms with Gasteiger partial charge in [0.2, 0.25) is 0 Å². The third-order valence-corrected chi connectivity index (χ3v) is 5.05. The van der Waals surface area contributed by atoms with E-state index in [9.17, 15) is 23.5 Å². The predicted molar refractivity (Wildman–Crippen MR) is 113 cm³/mol. The van der Waals surface area contributed by atoms with Gasteiger partial charge in [0.25, 0.3) is 5.91 Å². The zero-order valence-electron chi connectivity index (χ0n) is 17.8. The van der Waals surface area contributed by atoms with Crippen LogP contribution in [0, 0.1) is 5.92 Å². The van der Waals surface area contributed by atoms with E-state index in [1.807, 2.05) is 6.07 Å². The lowest BCUT2D eigenvalue weighted by Crippen LogP contribution is -2.55. The minimum absolute atomic E-state index is 0.0170. The number of esters is 1. The number of aliphatic hydroxyl groups is 1. The Morgan fingerprint density at radius 2 is 1.58 bits per heavy atom. The smallest absolute Gasteiger partial charge is 0.349 e. The number of carbonyl (C=O) groups is 2. The molecule has 2 rings (SSSR count). The van der Waals surface area contributed by atoms with Gasteiger partial charge in [0.15, 0.2) is 0 Å². The highest BCUT2D eigenvalue weighted by Gasteiger charge is 2.49. The summed E-state index contributed by atoms with van der Waals surface area (Å²) in [6.07, 6.45) is -1.23. The fraction of sp³-hybridized carbons (Fsp3) is 0.417. The van der Waals surface area contributed by atoms with Gasteiger partial charge in [-0.1, -0.05) is 80.9 Å². The minimum atomic E-state index is -4.04. The van der Waals surface area contributed by atoms with E-state index < -0.39 is 35.9 Å². The number of hydrogen-bond donors (Lipinski definition) is 2. The van der Waals surface area contributed by atoms with Crippen LogP contribution in [-0.4, -0.2) is 35.1 Å². The van der Waals surface area contributed by atoms with Crippen LogP contribution in [0.2, 0.25) is 0 Å². The van der Waals surface area contributed by atoms with Gasteiger partial charge in [-0.3, -0.25) is 4.79 Å². The van der Waals surface area contributed by atoms with E-state index in [0.29, 0.717) is 18.4 Å². The molecule has 2 aromatic rings. The molecule has 0 radical (unpaired) electrons. The van der Waals surface area contributed by atoms with E-state index in [4.69, 9.17) is 4.74 Å². The fourth-order valence-corrected chi connectivity index (χ4v) is 3.23. The Balaban J connectivity index is 2.13. The zero-order chi connectivity index (χ0) is 22.9. The van der Waals surface area contributed by atoms with Crippen LogP contribution >= 0.6 is 0 Å². The second-order valence-electron chi connectivity index (χ2n) is 7.64. The molecule has 3 atom stereocenters. The number of carbonyl (C=O) groups excluding carboxylic acids is 2. The highest BCUT2D eigenvalue weighted by Crippen LogP contribution is 2.27. The van der Waals surface area contributed by atoms with Crippen molar-refractivity contribution in [2.45, 2.75) is 57.8 Å². The van der Waals surface area contributed by atoms with Crippen molar-refractivity contribution < 1.29 is 28.2 Å². The number of amides is 1. The van der Waals surface area contributed by atoms with Crippen molar-refractivity contribution in [3.8, 4) is 0 Å². The second kappa shape index (κ2) is 11.6. The lowest BCUT2D eigenvalue weighted by molar-refractivity contribution is -0.172. The van der Waals surface area contributed by atoms with Crippen molar-refractivity contribution in [2.75, 3.05) is 0 Å². The lowest BCUT2D eigenvalue weighted by atomic mass is 9.94. The lowest BCUT2D eigenvalue weighted by Gasteiger charge is -2.28. The Kier molecular flexibility index (Phi) is 9.12. The van der Waals surface area contributed by atoms with Crippen LogP contribution in [-0.2, 0) is 27.4 Å². The zero-order valence-corrected chi connectivity index (χ0v) is 17.8. The molecule has 5 nitrogen and oxygen atoms in total. The largest absolute Gasteiger partial charge is 0.459 e. The highest BCUT2D eigenvalue weighted by molar-refractivity contribution is 5.89. The summed E-state index contributed by atoms with van der Waals surface area (Å²) in [5, 5.41) is 12.1. The third kappa shape index (κ3) is 7.14. The number of alkyl halides is 2. The van der Waals surface area contributed by atoms with Crippen molar-refractivity contribution >= 4 is 11.9 Å². The Bertz CT molecular complexity index is 830. The molecule has 0 spiro atoms. The van der Waals surface area contributed by atoms with Gasteiger partial charge in [-0.05, 0) is 23.5 Å². The van der Waals surface area contributed by atoms with Gasteiger partial charge in [0, 0.05) is 6.42 Å². The molecule has 31 heavy (non-hydrogen) atoms. The maximum atomic E-state index is 14.6. The number of aliphatic hydroxyl groups excluding tert-OH is 1. The molecule has 0 saturated heterocycles. The van der Waals surface area contributed by atoms with Crippen LogP contribution in [0.3, 0.4) is 0 Å². The first-order valence-corrected chi connectivity index (χ1v) is 10.4. The van der Waals surface area contributed by atoms with E-state index in [2.05, 4.69) is 5.32 Å². The molecule has 2 N–H and O–H groups in total. The molecule has 0 aliphatic rings. The Hall–Kier alpha value is -2.80.